The molecular weight excluding hydrogens is 460 g/mol. The van der Waals surface area contributed by atoms with Crippen molar-refractivity contribution < 1.29 is 18.7 Å². The highest BCUT2D eigenvalue weighted by Gasteiger charge is 2.50. The standard InChI is InChI=1S/C29H37F2N3O2/c1-20(2)24-5-3-4-6-25(24)27-19-32(18-21-7-8-22(30)15-26(21)31)13-14-34(27)23-16-29(17-23)9-11-33(12-10-29)28(35)36/h3-8,15,20,23,27H,9-14,16-19H2,1-2H3,(H,35,36). The number of hydrogen-bond donors (Lipinski definition) is 1. The molecule has 3 aliphatic rings. The van der Waals surface area contributed by atoms with Crippen molar-refractivity contribution >= 4 is 6.09 Å². The molecular formula is C29H37F2N3O2. The van der Waals surface area contributed by atoms with Gasteiger partial charge < -0.3 is 10.0 Å². The lowest BCUT2D eigenvalue weighted by atomic mass is 9.59. The van der Waals surface area contributed by atoms with E-state index in [2.05, 4.69) is 47.9 Å². The first-order valence-electron chi connectivity index (χ1n) is 13.2. The third kappa shape index (κ3) is 5.00. The number of benzene rings is 2. The third-order valence-electron chi connectivity index (χ3n) is 8.79. The fourth-order valence-corrected chi connectivity index (χ4v) is 6.70. The van der Waals surface area contributed by atoms with Crippen molar-refractivity contribution in [1.29, 1.82) is 0 Å². The third-order valence-corrected chi connectivity index (χ3v) is 8.79. The van der Waals surface area contributed by atoms with Gasteiger partial charge in [-0.25, -0.2) is 13.6 Å². The highest BCUT2D eigenvalue weighted by atomic mass is 19.1. The Kier molecular flexibility index (Phi) is 7.05. The summed E-state index contributed by atoms with van der Waals surface area (Å²) in [6.45, 7) is 8.75. The van der Waals surface area contributed by atoms with Crippen LogP contribution in [0.5, 0.6) is 0 Å². The monoisotopic (exact) mass is 497 g/mol. The van der Waals surface area contributed by atoms with Crippen LogP contribution < -0.4 is 0 Å². The SMILES string of the molecule is CC(C)c1ccccc1C1CN(Cc2ccc(F)cc2F)CCN1C1CC2(CCN(C(=O)O)CC2)C1. The molecule has 2 heterocycles. The van der Waals surface area contributed by atoms with Crippen LogP contribution in [0.4, 0.5) is 13.6 Å². The summed E-state index contributed by atoms with van der Waals surface area (Å²) in [6.07, 6.45) is 3.33. The quantitative estimate of drug-likeness (QED) is 0.561. The first-order chi connectivity index (χ1) is 17.2. The van der Waals surface area contributed by atoms with Crippen molar-refractivity contribution in [2.24, 2.45) is 5.41 Å². The van der Waals surface area contributed by atoms with Crippen LogP contribution in [0.3, 0.4) is 0 Å². The fraction of sp³-hybridized carbons (Fsp3) is 0.552. The number of nitrogens with zero attached hydrogens (tertiary/aromatic N) is 3. The summed E-state index contributed by atoms with van der Waals surface area (Å²) >= 11 is 0. The smallest absolute Gasteiger partial charge is 0.407 e. The van der Waals surface area contributed by atoms with Crippen molar-refractivity contribution in [3.63, 3.8) is 0 Å². The van der Waals surface area contributed by atoms with E-state index in [1.165, 1.54) is 17.2 Å². The second-order valence-electron chi connectivity index (χ2n) is 11.3. The van der Waals surface area contributed by atoms with E-state index < -0.39 is 17.7 Å². The number of carboxylic acid groups (broad SMARTS) is 1. The largest absolute Gasteiger partial charge is 0.465 e. The van der Waals surface area contributed by atoms with Gasteiger partial charge in [0.15, 0.2) is 0 Å². The molecule has 0 aromatic heterocycles. The van der Waals surface area contributed by atoms with E-state index in [9.17, 15) is 18.7 Å². The number of hydrogen-bond acceptors (Lipinski definition) is 3. The highest BCUT2D eigenvalue weighted by Crippen LogP contribution is 2.53. The Labute approximate surface area is 212 Å². The molecule has 7 heteroatoms. The van der Waals surface area contributed by atoms with Crippen LogP contribution in [-0.4, -0.2) is 64.7 Å². The van der Waals surface area contributed by atoms with Crippen molar-refractivity contribution in [1.82, 2.24) is 14.7 Å². The van der Waals surface area contributed by atoms with Gasteiger partial charge in [0.25, 0.3) is 0 Å². The van der Waals surface area contributed by atoms with Crippen LogP contribution in [-0.2, 0) is 6.54 Å². The van der Waals surface area contributed by atoms with Crippen LogP contribution in [0.1, 0.15) is 68.2 Å². The number of rotatable bonds is 5. The van der Waals surface area contributed by atoms with Crippen molar-refractivity contribution in [3.8, 4) is 0 Å². The summed E-state index contributed by atoms with van der Waals surface area (Å²) in [5, 5.41) is 9.32. The summed E-state index contributed by atoms with van der Waals surface area (Å²) in [5.74, 6) is -0.621. The van der Waals surface area contributed by atoms with Gasteiger partial charge in [-0.2, -0.15) is 0 Å². The van der Waals surface area contributed by atoms with E-state index >= 15 is 0 Å². The molecule has 1 aliphatic carbocycles. The summed E-state index contributed by atoms with van der Waals surface area (Å²) < 4.78 is 27.9. The summed E-state index contributed by atoms with van der Waals surface area (Å²) in [5.41, 5.74) is 3.51. The Balaban J connectivity index is 1.34. The second kappa shape index (κ2) is 10.1. The van der Waals surface area contributed by atoms with E-state index in [0.717, 1.165) is 51.4 Å². The van der Waals surface area contributed by atoms with Crippen LogP contribution in [0.2, 0.25) is 0 Å². The molecule has 36 heavy (non-hydrogen) atoms. The van der Waals surface area contributed by atoms with Gasteiger partial charge in [-0.15, -0.1) is 0 Å². The van der Waals surface area contributed by atoms with E-state index in [1.807, 2.05) is 0 Å². The molecule has 2 aromatic carbocycles. The Morgan fingerprint density at radius 3 is 2.44 bits per heavy atom. The lowest BCUT2D eigenvalue weighted by molar-refractivity contribution is -0.0750. The summed E-state index contributed by atoms with van der Waals surface area (Å²) in [7, 11) is 0. The maximum atomic E-state index is 14.4. The predicted octanol–water partition coefficient (Wildman–Crippen LogP) is 5.87. The molecule has 1 spiro atoms. The van der Waals surface area contributed by atoms with Crippen LogP contribution in [0.25, 0.3) is 0 Å². The van der Waals surface area contributed by atoms with E-state index in [-0.39, 0.29) is 11.5 Å². The van der Waals surface area contributed by atoms with Gasteiger partial charge in [0.2, 0.25) is 0 Å². The van der Waals surface area contributed by atoms with Crippen molar-refractivity contribution in [3.05, 3.63) is 70.8 Å². The molecule has 1 N–H and O–H groups in total. The molecule has 1 saturated carbocycles. The fourth-order valence-electron chi connectivity index (χ4n) is 6.70. The van der Waals surface area contributed by atoms with Crippen LogP contribution in [0, 0.1) is 17.0 Å². The molecule has 2 saturated heterocycles. The van der Waals surface area contributed by atoms with Crippen LogP contribution in [0.15, 0.2) is 42.5 Å². The first-order valence-corrected chi connectivity index (χ1v) is 13.2. The lowest BCUT2D eigenvalue weighted by Gasteiger charge is -2.58. The van der Waals surface area contributed by atoms with E-state index in [4.69, 9.17) is 0 Å². The average Bonchev–Trinajstić information content (AvgIpc) is 2.84. The van der Waals surface area contributed by atoms with Gasteiger partial charge in [0.05, 0.1) is 0 Å². The Morgan fingerprint density at radius 1 is 1.06 bits per heavy atom. The van der Waals surface area contributed by atoms with Gasteiger partial charge >= 0.3 is 6.09 Å². The normalized spacial score (nSPS) is 23.2. The predicted molar refractivity (Wildman–Crippen MR) is 136 cm³/mol. The maximum Gasteiger partial charge on any atom is 0.407 e. The maximum absolute atomic E-state index is 14.4. The molecule has 5 rings (SSSR count). The first kappa shape index (κ1) is 25.2. The second-order valence-corrected chi connectivity index (χ2v) is 11.3. The van der Waals surface area contributed by atoms with E-state index in [1.54, 1.807) is 11.0 Å². The number of piperidine rings is 1. The van der Waals surface area contributed by atoms with Crippen molar-refractivity contribution in [2.75, 3.05) is 32.7 Å². The van der Waals surface area contributed by atoms with Crippen molar-refractivity contribution in [2.45, 2.75) is 64.1 Å². The number of likely N-dealkylation sites (tertiary alicyclic amines) is 1. The number of carbonyl (C=O) groups is 1. The number of halogens is 2. The topological polar surface area (TPSA) is 47.0 Å². The lowest BCUT2D eigenvalue weighted by Crippen LogP contribution is -2.60. The molecule has 1 atom stereocenters. The molecule has 5 nitrogen and oxygen atoms in total. The zero-order valence-corrected chi connectivity index (χ0v) is 21.3. The molecule has 2 aliphatic heterocycles. The molecule has 3 fully saturated rings. The minimum absolute atomic E-state index is 0.210. The Bertz CT molecular complexity index is 1090. The van der Waals surface area contributed by atoms with Gasteiger partial charge in [-0.3, -0.25) is 9.80 Å². The molecule has 194 valence electrons. The van der Waals surface area contributed by atoms with Gasteiger partial charge in [0, 0.05) is 63.0 Å². The molecule has 0 radical (unpaired) electrons. The molecule has 0 bridgehead atoms. The summed E-state index contributed by atoms with van der Waals surface area (Å²) in [6, 6.07) is 13.2. The van der Waals surface area contributed by atoms with Gasteiger partial charge in [-0.1, -0.05) is 44.2 Å². The van der Waals surface area contributed by atoms with E-state index in [0.29, 0.717) is 37.2 Å². The zero-order valence-electron chi connectivity index (χ0n) is 21.3. The average molecular weight is 498 g/mol. The Hall–Kier alpha value is -2.51. The summed E-state index contributed by atoms with van der Waals surface area (Å²) in [4.78, 5) is 17.9. The number of piperazine rings is 1. The Morgan fingerprint density at radius 2 is 1.78 bits per heavy atom. The highest BCUT2D eigenvalue weighted by molar-refractivity contribution is 5.65. The minimum atomic E-state index is -0.806. The van der Waals surface area contributed by atoms with Crippen LogP contribution >= 0.6 is 0 Å². The minimum Gasteiger partial charge on any atom is -0.465 e. The number of amides is 1. The zero-order chi connectivity index (χ0) is 25.4. The molecule has 2 aromatic rings. The van der Waals surface area contributed by atoms with Gasteiger partial charge in [0.1, 0.15) is 11.6 Å². The molecule has 1 amide bonds. The van der Waals surface area contributed by atoms with Gasteiger partial charge in [-0.05, 0) is 54.2 Å². The molecule has 1 unspecified atom stereocenters.